The SMILES string of the molecule is CCCCCC/C=C\CCCCCCCCCC(=O)O[C@H](COC(=O)CCCCC)COP(=O)(O)O. The first-order valence-electron chi connectivity index (χ1n) is 14.0. The number of phosphoric ester groups is 1. The fraction of sp³-hybridized carbons (Fsp3) is 0.852. The number of ether oxygens (including phenoxy) is 2. The minimum atomic E-state index is -4.72. The van der Waals surface area contributed by atoms with Crippen molar-refractivity contribution in [3.8, 4) is 0 Å². The van der Waals surface area contributed by atoms with Crippen molar-refractivity contribution in [3.05, 3.63) is 12.2 Å². The molecule has 212 valence electrons. The Hall–Kier alpha value is -1.21. The van der Waals surface area contributed by atoms with Crippen LogP contribution in [0.2, 0.25) is 0 Å². The Labute approximate surface area is 218 Å². The molecule has 0 aliphatic rings. The van der Waals surface area contributed by atoms with Gasteiger partial charge in [-0.1, -0.05) is 90.2 Å². The van der Waals surface area contributed by atoms with E-state index in [9.17, 15) is 14.2 Å². The molecule has 0 aromatic rings. The van der Waals surface area contributed by atoms with Crippen LogP contribution in [0.5, 0.6) is 0 Å². The molecule has 0 rings (SSSR count). The summed E-state index contributed by atoms with van der Waals surface area (Å²) in [6.07, 6.45) is 21.7. The number of hydrogen-bond donors (Lipinski definition) is 2. The van der Waals surface area contributed by atoms with E-state index in [1.807, 2.05) is 6.92 Å². The van der Waals surface area contributed by atoms with Gasteiger partial charge in [0.05, 0.1) is 6.61 Å². The molecular weight excluding hydrogens is 483 g/mol. The monoisotopic (exact) mass is 534 g/mol. The van der Waals surface area contributed by atoms with Crippen LogP contribution in [0.4, 0.5) is 0 Å². The smallest absolute Gasteiger partial charge is 0.462 e. The van der Waals surface area contributed by atoms with Gasteiger partial charge in [0, 0.05) is 12.8 Å². The molecule has 0 aliphatic carbocycles. The van der Waals surface area contributed by atoms with Gasteiger partial charge in [-0.05, 0) is 38.5 Å². The lowest BCUT2D eigenvalue weighted by atomic mass is 10.1. The summed E-state index contributed by atoms with van der Waals surface area (Å²) in [5.74, 6) is -0.920. The third kappa shape index (κ3) is 25.9. The molecular formula is C27H51O8P. The quantitative estimate of drug-likeness (QED) is 0.0547. The van der Waals surface area contributed by atoms with Crippen molar-refractivity contribution >= 4 is 19.8 Å². The minimum Gasteiger partial charge on any atom is -0.462 e. The lowest BCUT2D eigenvalue weighted by molar-refractivity contribution is -0.161. The van der Waals surface area contributed by atoms with E-state index in [0.29, 0.717) is 12.8 Å². The van der Waals surface area contributed by atoms with Gasteiger partial charge < -0.3 is 19.3 Å². The van der Waals surface area contributed by atoms with Gasteiger partial charge in [-0.25, -0.2) is 4.57 Å². The molecule has 36 heavy (non-hydrogen) atoms. The zero-order valence-electron chi connectivity index (χ0n) is 22.7. The molecule has 0 unspecified atom stereocenters. The van der Waals surface area contributed by atoms with Crippen molar-refractivity contribution in [2.75, 3.05) is 13.2 Å². The third-order valence-corrected chi connectivity index (χ3v) is 6.27. The van der Waals surface area contributed by atoms with Gasteiger partial charge in [0.2, 0.25) is 0 Å². The van der Waals surface area contributed by atoms with E-state index in [1.165, 1.54) is 51.4 Å². The van der Waals surface area contributed by atoms with E-state index in [1.54, 1.807) is 0 Å². The number of allylic oxidation sites excluding steroid dienone is 2. The van der Waals surface area contributed by atoms with Crippen LogP contribution < -0.4 is 0 Å². The van der Waals surface area contributed by atoms with Crippen LogP contribution in [0.25, 0.3) is 0 Å². The van der Waals surface area contributed by atoms with Crippen molar-refractivity contribution in [1.82, 2.24) is 0 Å². The molecule has 0 spiro atoms. The fourth-order valence-electron chi connectivity index (χ4n) is 3.66. The van der Waals surface area contributed by atoms with Crippen molar-refractivity contribution in [2.24, 2.45) is 0 Å². The van der Waals surface area contributed by atoms with E-state index in [4.69, 9.17) is 19.3 Å². The maximum absolute atomic E-state index is 12.1. The molecule has 9 heteroatoms. The van der Waals surface area contributed by atoms with Crippen LogP contribution in [0.3, 0.4) is 0 Å². The van der Waals surface area contributed by atoms with E-state index < -0.39 is 32.5 Å². The molecule has 0 saturated heterocycles. The van der Waals surface area contributed by atoms with Crippen LogP contribution in [-0.2, 0) is 28.2 Å². The summed E-state index contributed by atoms with van der Waals surface area (Å²) in [6, 6.07) is 0. The van der Waals surface area contributed by atoms with Gasteiger partial charge in [-0.2, -0.15) is 0 Å². The predicted molar refractivity (Wildman–Crippen MR) is 142 cm³/mol. The second kappa shape index (κ2) is 24.1. The van der Waals surface area contributed by atoms with Gasteiger partial charge in [0.25, 0.3) is 0 Å². The Morgan fingerprint density at radius 3 is 1.75 bits per heavy atom. The Bertz CT molecular complexity index is 617. The lowest BCUT2D eigenvalue weighted by Gasteiger charge is -2.18. The number of unbranched alkanes of at least 4 members (excludes halogenated alkanes) is 13. The standard InChI is InChI=1S/C27H51O8P/c1-3-5-7-8-9-10-11-12-13-14-15-16-17-18-20-22-27(29)35-25(24-34-36(30,31)32)23-33-26(28)21-19-6-4-2/h10-11,25H,3-9,12-24H2,1-2H3,(H2,30,31,32)/b11-10-/t25-/m1/s1. The molecule has 0 fully saturated rings. The third-order valence-electron chi connectivity index (χ3n) is 5.78. The van der Waals surface area contributed by atoms with Crippen molar-refractivity contribution in [3.63, 3.8) is 0 Å². The van der Waals surface area contributed by atoms with Gasteiger partial charge in [-0.15, -0.1) is 0 Å². The normalized spacial score (nSPS) is 12.7. The lowest BCUT2D eigenvalue weighted by Crippen LogP contribution is -2.29. The van der Waals surface area contributed by atoms with Crippen LogP contribution >= 0.6 is 7.82 Å². The molecule has 8 nitrogen and oxygen atoms in total. The Morgan fingerprint density at radius 2 is 1.17 bits per heavy atom. The average Bonchev–Trinajstić information content (AvgIpc) is 2.83. The van der Waals surface area contributed by atoms with E-state index >= 15 is 0 Å². The van der Waals surface area contributed by atoms with Gasteiger partial charge in [-0.3, -0.25) is 14.1 Å². The fourth-order valence-corrected chi connectivity index (χ4v) is 4.02. The molecule has 0 aromatic carbocycles. The summed E-state index contributed by atoms with van der Waals surface area (Å²) in [7, 11) is -4.72. The Morgan fingerprint density at radius 1 is 0.694 bits per heavy atom. The second-order valence-corrected chi connectivity index (χ2v) is 10.6. The highest BCUT2D eigenvalue weighted by Crippen LogP contribution is 2.35. The molecule has 0 bridgehead atoms. The molecule has 0 aromatic heterocycles. The van der Waals surface area contributed by atoms with Crippen molar-refractivity contribution in [2.45, 2.75) is 136 Å². The van der Waals surface area contributed by atoms with Crippen molar-refractivity contribution in [1.29, 1.82) is 0 Å². The summed E-state index contributed by atoms with van der Waals surface area (Å²) >= 11 is 0. The predicted octanol–water partition coefficient (Wildman–Crippen LogP) is 7.17. The van der Waals surface area contributed by atoms with Crippen LogP contribution in [-0.4, -0.2) is 41.0 Å². The summed E-state index contributed by atoms with van der Waals surface area (Å²) in [4.78, 5) is 41.7. The summed E-state index contributed by atoms with van der Waals surface area (Å²) in [5.41, 5.74) is 0. The highest BCUT2D eigenvalue weighted by atomic mass is 31.2. The number of phosphoric acid groups is 1. The summed E-state index contributed by atoms with van der Waals surface area (Å²) in [6.45, 7) is 3.43. The molecule has 2 N–H and O–H groups in total. The minimum absolute atomic E-state index is 0.208. The van der Waals surface area contributed by atoms with E-state index in [0.717, 1.165) is 38.5 Å². The van der Waals surface area contributed by atoms with Crippen LogP contribution in [0.1, 0.15) is 129 Å². The number of carbonyl (C=O) groups excluding carboxylic acids is 2. The number of carbonyl (C=O) groups is 2. The summed E-state index contributed by atoms with van der Waals surface area (Å²) < 4.78 is 25.8. The topological polar surface area (TPSA) is 119 Å². The summed E-state index contributed by atoms with van der Waals surface area (Å²) in [5, 5.41) is 0. The molecule has 0 saturated carbocycles. The molecule has 0 aliphatic heterocycles. The first-order valence-corrected chi connectivity index (χ1v) is 15.5. The van der Waals surface area contributed by atoms with Crippen LogP contribution in [0, 0.1) is 0 Å². The second-order valence-electron chi connectivity index (χ2n) is 9.37. The zero-order valence-corrected chi connectivity index (χ0v) is 23.6. The number of esters is 2. The average molecular weight is 535 g/mol. The first-order chi connectivity index (χ1) is 17.3. The van der Waals surface area contributed by atoms with Crippen molar-refractivity contribution < 1.29 is 37.9 Å². The van der Waals surface area contributed by atoms with Crippen LogP contribution in [0.15, 0.2) is 12.2 Å². The number of hydrogen-bond acceptors (Lipinski definition) is 6. The highest BCUT2D eigenvalue weighted by Gasteiger charge is 2.22. The Balaban J connectivity index is 3.93. The molecule has 0 heterocycles. The molecule has 0 amide bonds. The van der Waals surface area contributed by atoms with Gasteiger partial charge in [0.15, 0.2) is 6.10 Å². The Kier molecular flexibility index (Phi) is 23.3. The maximum atomic E-state index is 12.1. The van der Waals surface area contributed by atoms with Gasteiger partial charge in [0.1, 0.15) is 6.61 Å². The molecule has 0 radical (unpaired) electrons. The maximum Gasteiger partial charge on any atom is 0.469 e. The zero-order chi connectivity index (χ0) is 26.9. The molecule has 1 atom stereocenters. The van der Waals surface area contributed by atoms with E-state index in [-0.39, 0.29) is 19.4 Å². The van der Waals surface area contributed by atoms with E-state index in [2.05, 4.69) is 23.6 Å². The van der Waals surface area contributed by atoms with Gasteiger partial charge >= 0.3 is 19.8 Å². The largest absolute Gasteiger partial charge is 0.469 e. The number of rotatable bonds is 25. The first kappa shape index (κ1) is 34.8. The highest BCUT2D eigenvalue weighted by molar-refractivity contribution is 7.46.